The Morgan fingerprint density at radius 3 is 2.61 bits per heavy atom. The topological polar surface area (TPSA) is 43.8 Å². The number of nitrogens with zero attached hydrogens (tertiary/aromatic N) is 2. The lowest BCUT2D eigenvalue weighted by molar-refractivity contribution is -0.130. The van der Waals surface area contributed by atoms with Crippen molar-refractivity contribution in [3.63, 3.8) is 0 Å². The van der Waals surface area contributed by atoms with E-state index in [2.05, 4.69) is 11.9 Å². The van der Waals surface area contributed by atoms with Gasteiger partial charge in [-0.3, -0.25) is 4.79 Å². The lowest BCUT2D eigenvalue weighted by Crippen LogP contribution is -2.32. The predicted molar refractivity (Wildman–Crippen MR) is 93.1 cm³/mol. The molecule has 1 heterocycles. The van der Waals surface area contributed by atoms with Crippen LogP contribution >= 0.6 is 0 Å². The molecular formula is C19H30N2O2. The van der Waals surface area contributed by atoms with Gasteiger partial charge in [0.05, 0.1) is 6.10 Å². The van der Waals surface area contributed by atoms with Crippen molar-refractivity contribution < 1.29 is 9.90 Å². The number of aliphatic hydroxyl groups is 1. The van der Waals surface area contributed by atoms with Gasteiger partial charge in [-0.1, -0.05) is 30.3 Å². The lowest BCUT2D eigenvalue weighted by atomic mass is 9.92. The Hall–Kier alpha value is -1.39. The van der Waals surface area contributed by atoms with Gasteiger partial charge in [0.1, 0.15) is 0 Å². The molecule has 1 aromatic carbocycles. The number of piperidine rings is 1. The molecule has 4 nitrogen and oxygen atoms in total. The maximum absolute atomic E-state index is 12.2. The minimum Gasteiger partial charge on any atom is -0.388 e. The van der Waals surface area contributed by atoms with E-state index in [-0.39, 0.29) is 5.91 Å². The van der Waals surface area contributed by atoms with Crippen LogP contribution < -0.4 is 0 Å². The molecule has 1 aliphatic heterocycles. The highest BCUT2D eigenvalue weighted by molar-refractivity contribution is 5.75. The summed E-state index contributed by atoms with van der Waals surface area (Å²) in [4.78, 5) is 16.4. The monoisotopic (exact) mass is 318 g/mol. The normalized spacial score (nSPS) is 17.9. The maximum Gasteiger partial charge on any atom is 0.222 e. The van der Waals surface area contributed by atoms with Crippen LogP contribution in [0.4, 0.5) is 0 Å². The number of hydrogen-bond acceptors (Lipinski definition) is 3. The lowest BCUT2D eigenvalue weighted by Gasteiger charge is -2.29. The fourth-order valence-electron chi connectivity index (χ4n) is 3.15. The molecule has 1 atom stereocenters. The third-order valence-corrected chi connectivity index (χ3v) is 4.95. The van der Waals surface area contributed by atoms with Gasteiger partial charge in [0.15, 0.2) is 0 Å². The third kappa shape index (κ3) is 5.96. The van der Waals surface area contributed by atoms with Crippen LogP contribution in [0.2, 0.25) is 0 Å². The van der Waals surface area contributed by atoms with E-state index in [1.807, 2.05) is 37.4 Å². The van der Waals surface area contributed by atoms with Gasteiger partial charge < -0.3 is 14.9 Å². The van der Waals surface area contributed by atoms with Crippen LogP contribution in [-0.4, -0.2) is 54.5 Å². The molecule has 2 rings (SSSR count). The van der Waals surface area contributed by atoms with Crippen LogP contribution in [-0.2, 0) is 4.79 Å². The van der Waals surface area contributed by atoms with Crippen LogP contribution in [0, 0.1) is 5.92 Å². The number of aliphatic hydroxyl groups excluding tert-OH is 1. The first-order valence-corrected chi connectivity index (χ1v) is 8.71. The number of rotatable bonds is 7. The molecule has 1 N–H and O–H groups in total. The second-order valence-electron chi connectivity index (χ2n) is 6.82. The first-order chi connectivity index (χ1) is 11.1. The molecule has 128 valence electrons. The first kappa shape index (κ1) is 18.0. The summed E-state index contributed by atoms with van der Waals surface area (Å²) < 4.78 is 0. The van der Waals surface area contributed by atoms with Gasteiger partial charge in [-0.2, -0.15) is 0 Å². The first-order valence-electron chi connectivity index (χ1n) is 8.71. The SMILES string of the molecule is CN1CCC(CCC(=O)N(C)CC[C@@H](O)c2ccccc2)CC1. The molecule has 0 spiro atoms. The van der Waals surface area contributed by atoms with E-state index in [1.165, 1.54) is 12.8 Å². The second kappa shape index (κ2) is 9.04. The molecule has 0 radical (unpaired) electrons. The van der Waals surface area contributed by atoms with Gasteiger partial charge in [0.25, 0.3) is 0 Å². The number of carbonyl (C=O) groups is 1. The molecule has 1 fully saturated rings. The van der Waals surface area contributed by atoms with Crippen LogP contribution in [0.25, 0.3) is 0 Å². The highest BCUT2D eigenvalue weighted by Gasteiger charge is 2.19. The van der Waals surface area contributed by atoms with Crippen LogP contribution in [0.15, 0.2) is 30.3 Å². The Bertz CT molecular complexity index is 470. The molecule has 23 heavy (non-hydrogen) atoms. The Balaban J connectivity index is 1.66. The maximum atomic E-state index is 12.2. The zero-order valence-electron chi connectivity index (χ0n) is 14.4. The van der Waals surface area contributed by atoms with Gasteiger partial charge in [-0.15, -0.1) is 0 Å². The Kier molecular flexibility index (Phi) is 7.06. The van der Waals surface area contributed by atoms with Gasteiger partial charge in [0, 0.05) is 20.0 Å². The van der Waals surface area contributed by atoms with Crippen LogP contribution in [0.3, 0.4) is 0 Å². The molecular weight excluding hydrogens is 288 g/mol. The van der Waals surface area contributed by atoms with Crippen molar-refractivity contribution in [2.45, 2.75) is 38.2 Å². The molecule has 1 aromatic rings. The fourth-order valence-corrected chi connectivity index (χ4v) is 3.15. The Morgan fingerprint density at radius 1 is 1.30 bits per heavy atom. The minimum atomic E-state index is -0.500. The predicted octanol–water partition coefficient (Wildman–Crippen LogP) is 2.69. The van der Waals surface area contributed by atoms with E-state index in [4.69, 9.17) is 0 Å². The van der Waals surface area contributed by atoms with E-state index in [0.717, 1.165) is 25.1 Å². The molecule has 0 aliphatic carbocycles. The second-order valence-corrected chi connectivity index (χ2v) is 6.82. The van der Waals surface area contributed by atoms with E-state index < -0.39 is 6.10 Å². The average molecular weight is 318 g/mol. The summed E-state index contributed by atoms with van der Waals surface area (Å²) in [6.45, 7) is 2.90. The molecule has 4 heteroatoms. The van der Waals surface area contributed by atoms with Crippen molar-refractivity contribution in [2.75, 3.05) is 33.7 Å². The minimum absolute atomic E-state index is 0.198. The number of amides is 1. The summed E-state index contributed by atoms with van der Waals surface area (Å²) in [5.74, 6) is 0.891. The fraction of sp³-hybridized carbons (Fsp3) is 0.632. The van der Waals surface area contributed by atoms with Crippen molar-refractivity contribution in [2.24, 2.45) is 5.92 Å². The van der Waals surface area contributed by atoms with Gasteiger partial charge in [-0.25, -0.2) is 0 Å². The highest BCUT2D eigenvalue weighted by Crippen LogP contribution is 2.21. The Morgan fingerprint density at radius 2 is 1.96 bits per heavy atom. The largest absolute Gasteiger partial charge is 0.388 e. The van der Waals surface area contributed by atoms with Crippen molar-refractivity contribution >= 4 is 5.91 Å². The summed E-state index contributed by atoms with van der Waals surface area (Å²) >= 11 is 0. The van der Waals surface area contributed by atoms with Crippen LogP contribution in [0.1, 0.15) is 43.8 Å². The summed E-state index contributed by atoms with van der Waals surface area (Å²) in [7, 11) is 4.00. The molecule has 0 saturated carbocycles. The zero-order chi connectivity index (χ0) is 16.7. The summed E-state index contributed by atoms with van der Waals surface area (Å²) in [5.41, 5.74) is 0.916. The van der Waals surface area contributed by atoms with Crippen LogP contribution in [0.5, 0.6) is 0 Å². The van der Waals surface area contributed by atoms with E-state index in [9.17, 15) is 9.90 Å². The molecule has 0 bridgehead atoms. The number of carbonyl (C=O) groups excluding carboxylic acids is 1. The molecule has 1 aliphatic rings. The molecule has 0 unspecified atom stereocenters. The number of benzene rings is 1. The Labute approximate surface area is 140 Å². The molecule has 1 amide bonds. The summed E-state index contributed by atoms with van der Waals surface area (Å²) in [6.07, 6.45) is 4.13. The third-order valence-electron chi connectivity index (χ3n) is 4.95. The summed E-state index contributed by atoms with van der Waals surface area (Å²) in [5, 5.41) is 10.2. The van der Waals surface area contributed by atoms with Gasteiger partial charge >= 0.3 is 0 Å². The van der Waals surface area contributed by atoms with Crippen molar-refractivity contribution in [1.29, 1.82) is 0 Å². The standard InChI is InChI=1S/C19H30N2O2/c1-20-13-10-16(11-14-20)8-9-19(23)21(2)15-12-18(22)17-6-4-3-5-7-17/h3-7,16,18,22H,8-15H2,1-2H3/t18-/m1/s1. The zero-order valence-corrected chi connectivity index (χ0v) is 14.4. The quantitative estimate of drug-likeness (QED) is 0.840. The number of hydrogen-bond donors (Lipinski definition) is 1. The van der Waals surface area contributed by atoms with Gasteiger partial charge in [0.2, 0.25) is 5.91 Å². The molecule has 0 aromatic heterocycles. The number of likely N-dealkylation sites (tertiary alicyclic amines) is 1. The van der Waals surface area contributed by atoms with Crippen molar-refractivity contribution in [1.82, 2.24) is 9.80 Å². The molecule has 1 saturated heterocycles. The van der Waals surface area contributed by atoms with Crippen molar-refractivity contribution in [3.8, 4) is 0 Å². The van der Waals surface area contributed by atoms with E-state index in [0.29, 0.717) is 25.3 Å². The van der Waals surface area contributed by atoms with E-state index in [1.54, 1.807) is 4.90 Å². The summed E-state index contributed by atoms with van der Waals surface area (Å²) in [6, 6.07) is 9.64. The van der Waals surface area contributed by atoms with Gasteiger partial charge in [-0.05, 0) is 57.3 Å². The smallest absolute Gasteiger partial charge is 0.222 e. The van der Waals surface area contributed by atoms with E-state index >= 15 is 0 Å². The highest BCUT2D eigenvalue weighted by atomic mass is 16.3. The van der Waals surface area contributed by atoms with Crippen molar-refractivity contribution in [3.05, 3.63) is 35.9 Å². The average Bonchev–Trinajstić information content (AvgIpc) is 2.59.